The SMILES string of the molecule is CC(C)(C)COS(=O)(=O)c1cccc(C(=O)c2cc(-c3ccc(O)cc3)ccc2-c2ccc(O)cc2)c1. The van der Waals surface area contributed by atoms with Gasteiger partial charge in [-0.05, 0) is 70.1 Å². The molecule has 37 heavy (non-hydrogen) atoms. The van der Waals surface area contributed by atoms with Gasteiger partial charge in [0, 0.05) is 11.1 Å². The molecule has 0 spiro atoms. The molecule has 4 aromatic rings. The third-order valence-corrected chi connectivity index (χ3v) is 6.93. The van der Waals surface area contributed by atoms with Crippen LogP contribution in [0.4, 0.5) is 0 Å². The molecule has 0 amide bonds. The van der Waals surface area contributed by atoms with Gasteiger partial charge >= 0.3 is 0 Å². The van der Waals surface area contributed by atoms with Gasteiger partial charge in [-0.1, -0.05) is 69.3 Å². The number of hydrogen-bond acceptors (Lipinski definition) is 6. The van der Waals surface area contributed by atoms with Crippen LogP contribution in [0, 0.1) is 5.41 Å². The number of phenols is 2. The average Bonchev–Trinajstić information content (AvgIpc) is 2.87. The molecule has 0 unspecified atom stereocenters. The van der Waals surface area contributed by atoms with Crippen molar-refractivity contribution < 1.29 is 27.6 Å². The number of carbonyl (C=O) groups excluding carboxylic acids is 1. The Morgan fingerprint density at radius 2 is 1.32 bits per heavy atom. The maximum Gasteiger partial charge on any atom is 0.297 e. The quantitative estimate of drug-likeness (QED) is 0.217. The van der Waals surface area contributed by atoms with Crippen LogP contribution < -0.4 is 0 Å². The molecule has 0 aromatic heterocycles. The van der Waals surface area contributed by atoms with Crippen molar-refractivity contribution in [2.75, 3.05) is 6.61 Å². The van der Waals surface area contributed by atoms with Crippen LogP contribution in [-0.4, -0.2) is 31.0 Å². The largest absolute Gasteiger partial charge is 0.508 e. The van der Waals surface area contributed by atoms with Gasteiger partial charge < -0.3 is 10.2 Å². The molecule has 7 heteroatoms. The first kappa shape index (κ1) is 26.1. The molecule has 190 valence electrons. The van der Waals surface area contributed by atoms with Crippen molar-refractivity contribution in [3.8, 4) is 33.8 Å². The zero-order valence-corrected chi connectivity index (χ0v) is 21.6. The van der Waals surface area contributed by atoms with Gasteiger partial charge in [0.2, 0.25) is 0 Å². The number of aromatic hydroxyl groups is 2. The van der Waals surface area contributed by atoms with Crippen molar-refractivity contribution in [3.63, 3.8) is 0 Å². The van der Waals surface area contributed by atoms with E-state index >= 15 is 0 Å². The maximum absolute atomic E-state index is 13.8. The molecule has 4 aromatic carbocycles. The Bertz CT molecular complexity index is 1530. The number of rotatable bonds is 7. The number of ketones is 1. The van der Waals surface area contributed by atoms with Gasteiger partial charge in [0.05, 0.1) is 11.5 Å². The molecule has 2 N–H and O–H groups in total. The lowest BCUT2D eigenvalue weighted by atomic mass is 9.90. The Balaban J connectivity index is 1.79. The summed E-state index contributed by atoms with van der Waals surface area (Å²) < 4.78 is 30.8. The van der Waals surface area contributed by atoms with Crippen LogP contribution in [0.3, 0.4) is 0 Å². The van der Waals surface area contributed by atoms with E-state index in [4.69, 9.17) is 4.18 Å². The van der Waals surface area contributed by atoms with E-state index in [1.807, 2.05) is 32.9 Å². The predicted octanol–water partition coefficient (Wildman–Crippen LogP) is 6.41. The summed E-state index contributed by atoms with van der Waals surface area (Å²) in [6.45, 7) is 5.62. The Kier molecular flexibility index (Phi) is 7.21. The second-order valence-corrected chi connectivity index (χ2v) is 11.6. The van der Waals surface area contributed by atoms with Crippen molar-refractivity contribution in [2.45, 2.75) is 25.7 Å². The van der Waals surface area contributed by atoms with Gasteiger partial charge in [-0.15, -0.1) is 0 Å². The van der Waals surface area contributed by atoms with Crippen LogP contribution >= 0.6 is 0 Å². The monoisotopic (exact) mass is 516 g/mol. The van der Waals surface area contributed by atoms with Crippen LogP contribution in [0.25, 0.3) is 22.3 Å². The third-order valence-electron chi connectivity index (χ3n) is 5.68. The molecule has 0 radical (unpaired) electrons. The van der Waals surface area contributed by atoms with Gasteiger partial charge in [0.1, 0.15) is 11.5 Å². The molecule has 6 nitrogen and oxygen atoms in total. The maximum atomic E-state index is 13.8. The minimum atomic E-state index is -4.06. The Hall–Kier alpha value is -3.94. The highest BCUT2D eigenvalue weighted by atomic mass is 32.2. The van der Waals surface area contributed by atoms with E-state index in [9.17, 15) is 23.4 Å². The van der Waals surface area contributed by atoms with E-state index in [0.717, 1.165) is 16.7 Å². The van der Waals surface area contributed by atoms with E-state index < -0.39 is 10.1 Å². The summed E-state index contributed by atoms with van der Waals surface area (Å²) in [5.74, 6) is -0.130. The second kappa shape index (κ2) is 10.2. The number of phenolic OH excluding ortho intramolecular Hbond substituents is 2. The number of benzene rings is 4. The van der Waals surface area contributed by atoms with Crippen molar-refractivity contribution >= 4 is 15.9 Å². The summed E-state index contributed by atoms with van der Waals surface area (Å²) in [5, 5.41) is 19.4. The molecule has 0 saturated heterocycles. The minimum Gasteiger partial charge on any atom is -0.508 e. The predicted molar refractivity (Wildman–Crippen MR) is 143 cm³/mol. The summed E-state index contributed by atoms with van der Waals surface area (Å²) in [5.41, 5.74) is 3.11. The van der Waals surface area contributed by atoms with Gasteiger partial charge in [0.15, 0.2) is 5.78 Å². The zero-order valence-electron chi connectivity index (χ0n) is 20.8. The molecule has 0 aliphatic carbocycles. The van der Waals surface area contributed by atoms with E-state index in [1.54, 1.807) is 48.5 Å². The van der Waals surface area contributed by atoms with Gasteiger partial charge in [-0.2, -0.15) is 8.42 Å². The van der Waals surface area contributed by atoms with E-state index in [2.05, 4.69) is 0 Å². The van der Waals surface area contributed by atoms with Gasteiger partial charge in [-0.25, -0.2) is 0 Å². The molecular weight excluding hydrogens is 488 g/mol. The first-order chi connectivity index (χ1) is 17.4. The third kappa shape index (κ3) is 6.25. The summed E-state index contributed by atoms with van der Waals surface area (Å²) in [4.78, 5) is 13.7. The molecule has 0 heterocycles. The Labute approximate surface area is 216 Å². The van der Waals surface area contributed by atoms with E-state index in [0.29, 0.717) is 11.1 Å². The normalized spacial score (nSPS) is 11.9. The lowest BCUT2D eigenvalue weighted by Gasteiger charge is -2.18. The van der Waals surface area contributed by atoms with Crippen molar-refractivity contribution in [1.82, 2.24) is 0 Å². The molecule has 0 saturated carbocycles. The fourth-order valence-corrected chi connectivity index (χ4v) is 4.89. The minimum absolute atomic E-state index is 0.00713. The topological polar surface area (TPSA) is 101 Å². The first-order valence-electron chi connectivity index (χ1n) is 11.7. The first-order valence-corrected chi connectivity index (χ1v) is 13.1. The van der Waals surface area contributed by atoms with Crippen LogP contribution in [0.15, 0.2) is 95.9 Å². The Morgan fingerprint density at radius 1 is 0.757 bits per heavy atom. The highest BCUT2D eigenvalue weighted by molar-refractivity contribution is 7.86. The lowest BCUT2D eigenvalue weighted by molar-refractivity contribution is 0.103. The Morgan fingerprint density at radius 3 is 1.92 bits per heavy atom. The summed E-state index contributed by atoms with van der Waals surface area (Å²) in [6.07, 6.45) is 0. The molecule has 0 aliphatic heterocycles. The van der Waals surface area contributed by atoms with Crippen molar-refractivity contribution in [3.05, 3.63) is 102 Å². The van der Waals surface area contributed by atoms with Crippen LogP contribution in [-0.2, 0) is 14.3 Å². The lowest BCUT2D eigenvalue weighted by Crippen LogP contribution is -2.19. The van der Waals surface area contributed by atoms with Crippen LogP contribution in [0.1, 0.15) is 36.7 Å². The number of carbonyl (C=O) groups is 1. The molecule has 0 fully saturated rings. The molecule has 0 bridgehead atoms. The molecule has 0 atom stereocenters. The standard InChI is InChI=1S/C30H28O6S/c1-30(2,3)19-36-37(34,35)26-6-4-5-23(17-26)29(33)28-18-22(20-7-12-24(31)13-8-20)11-16-27(28)21-9-14-25(32)15-10-21/h4-18,31-32H,19H2,1-3H3. The second-order valence-electron chi connectivity index (χ2n) is 9.99. The number of hydrogen-bond donors (Lipinski definition) is 2. The summed E-state index contributed by atoms with van der Waals surface area (Å²) >= 11 is 0. The molecule has 0 aliphatic rings. The fraction of sp³-hybridized carbons (Fsp3) is 0.167. The average molecular weight is 517 g/mol. The molecular formula is C30H28O6S. The zero-order chi connectivity index (χ0) is 26.8. The summed E-state index contributed by atoms with van der Waals surface area (Å²) in [6, 6.07) is 24.4. The van der Waals surface area contributed by atoms with E-state index in [1.165, 1.54) is 30.3 Å². The smallest absolute Gasteiger partial charge is 0.297 e. The van der Waals surface area contributed by atoms with E-state index in [-0.39, 0.29) is 39.8 Å². The highest BCUT2D eigenvalue weighted by Crippen LogP contribution is 2.32. The van der Waals surface area contributed by atoms with Gasteiger partial charge in [0.25, 0.3) is 10.1 Å². The fourth-order valence-electron chi connectivity index (χ4n) is 3.73. The highest BCUT2D eigenvalue weighted by Gasteiger charge is 2.23. The van der Waals surface area contributed by atoms with Crippen LogP contribution in [0.5, 0.6) is 11.5 Å². The van der Waals surface area contributed by atoms with Crippen molar-refractivity contribution in [2.24, 2.45) is 5.41 Å². The molecule has 4 rings (SSSR count). The van der Waals surface area contributed by atoms with Crippen LogP contribution in [0.2, 0.25) is 0 Å². The van der Waals surface area contributed by atoms with Gasteiger partial charge in [-0.3, -0.25) is 8.98 Å². The van der Waals surface area contributed by atoms with Crippen molar-refractivity contribution in [1.29, 1.82) is 0 Å². The summed E-state index contributed by atoms with van der Waals surface area (Å²) in [7, 11) is -4.06.